The highest BCUT2D eigenvalue weighted by Crippen LogP contribution is 2.49. The van der Waals surface area contributed by atoms with Crippen molar-refractivity contribution in [3.05, 3.63) is 95.7 Å². The second kappa shape index (κ2) is 7.83. The maximum absolute atomic E-state index is 12.8. The van der Waals surface area contributed by atoms with Gasteiger partial charge in [0.1, 0.15) is 0 Å². The quantitative estimate of drug-likeness (QED) is 0.404. The number of rotatable bonds is 5. The van der Waals surface area contributed by atoms with Crippen LogP contribution in [0.5, 0.6) is 0 Å². The van der Waals surface area contributed by atoms with E-state index in [1.165, 1.54) is 27.7 Å². The van der Waals surface area contributed by atoms with Gasteiger partial charge in [-0.1, -0.05) is 68.5 Å². The molecule has 30 heavy (non-hydrogen) atoms. The van der Waals surface area contributed by atoms with Gasteiger partial charge in [-0.15, -0.1) is 0 Å². The molecule has 0 saturated carbocycles. The fourth-order valence-electron chi connectivity index (χ4n) is 4.48. The lowest BCUT2D eigenvalue weighted by molar-refractivity contribution is 0.104. The van der Waals surface area contributed by atoms with Crippen molar-refractivity contribution in [2.24, 2.45) is 0 Å². The highest BCUT2D eigenvalue weighted by molar-refractivity contribution is 6.08. The van der Waals surface area contributed by atoms with E-state index in [0.29, 0.717) is 5.56 Å². The molecule has 0 atom stereocenters. The normalized spacial score (nSPS) is 16.4. The van der Waals surface area contributed by atoms with E-state index in [1.807, 2.05) is 37.3 Å². The Morgan fingerprint density at radius 1 is 1.03 bits per heavy atom. The van der Waals surface area contributed by atoms with Crippen LogP contribution in [0, 0.1) is 0 Å². The Morgan fingerprint density at radius 2 is 1.77 bits per heavy atom. The molecular formula is C27H28N2O. The number of hydrogen-bond donors (Lipinski definition) is 1. The Bertz CT molecular complexity index is 1170. The Morgan fingerprint density at radius 3 is 2.57 bits per heavy atom. The molecule has 1 N–H and O–H groups in total. The molecule has 0 aromatic heterocycles. The van der Waals surface area contributed by atoms with Crippen LogP contribution in [0.1, 0.15) is 36.7 Å². The van der Waals surface area contributed by atoms with Crippen molar-refractivity contribution in [1.29, 1.82) is 0 Å². The van der Waals surface area contributed by atoms with Crippen molar-refractivity contribution in [3.8, 4) is 0 Å². The van der Waals surface area contributed by atoms with Crippen LogP contribution in [0.25, 0.3) is 10.8 Å². The van der Waals surface area contributed by atoms with E-state index in [9.17, 15) is 4.79 Å². The third kappa shape index (κ3) is 3.30. The maximum atomic E-state index is 12.8. The first-order valence-corrected chi connectivity index (χ1v) is 10.5. The van der Waals surface area contributed by atoms with Crippen molar-refractivity contribution in [3.63, 3.8) is 0 Å². The predicted molar refractivity (Wildman–Crippen MR) is 128 cm³/mol. The van der Waals surface area contributed by atoms with Gasteiger partial charge in [0.05, 0.1) is 5.69 Å². The topological polar surface area (TPSA) is 32.3 Å². The SMILES string of the molecule is CCNc1ccccc1C(=O)C=CC=C1N(C)c2c(ccc3ccccc23)C1(C)C. The molecule has 0 saturated heterocycles. The van der Waals surface area contributed by atoms with Gasteiger partial charge < -0.3 is 10.2 Å². The molecule has 4 rings (SSSR count). The van der Waals surface area contributed by atoms with E-state index >= 15 is 0 Å². The molecule has 0 aliphatic carbocycles. The minimum Gasteiger partial charge on any atom is -0.385 e. The first-order chi connectivity index (χ1) is 14.4. The highest BCUT2D eigenvalue weighted by Gasteiger charge is 2.38. The van der Waals surface area contributed by atoms with Gasteiger partial charge in [0.15, 0.2) is 5.78 Å². The summed E-state index contributed by atoms with van der Waals surface area (Å²) in [7, 11) is 2.11. The average molecular weight is 397 g/mol. The smallest absolute Gasteiger partial charge is 0.187 e. The van der Waals surface area contributed by atoms with E-state index in [4.69, 9.17) is 0 Å². The molecule has 0 amide bonds. The van der Waals surface area contributed by atoms with Crippen LogP contribution >= 0.6 is 0 Å². The first kappa shape index (κ1) is 20.0. The van der Waals surface area contributed by atoms with Crippen molar-refractivity contribution in [2.75, 3.05) is 23.8 Å². The van der Waals surface area contributed by atoms with Gasteiger partial charge in [-0.3, -0.25) is 4.79 Å². The summed E-state index contributed by atoms with van der Waals surface area (Å²) in [5, 5.41) is 5.76. The third-order valence-corrected chi connectivity index (χ3v) is 5.97. The summed E-state index contributed by atoms with van der Waals surface area (Å²) in [6.45, 7) is 7.29. The minimum atomic E-state index is -0.136. The first-order valence-electron chi connectivity index (χ1n) is 10.5. The van der Waals surface area contributed by atoms with E-state index < -0.39 is 0 Å². The Balaban J connectivity index is 1.67. The van der Waals surface area contributed by atoms with E-state index in [1.54, 1.807) is 6.08 Å². The molecule has 0 radical (unpaired) electrons. The van der Waals surface area contributed by atoms with E-state index in [0.717, 1.165) is 12.2 Å². The minimum absolute atomic E-state index is 0.00446. The lowest BCUT2D eigenvalue weighted by Gasteiger charge is -2.23. The lowest BCUT2D eigenvalue weighted by atomic mass is 9.83. The molecular weight excluding hydrogens is 368 g/mol. The Labute approximate surface area is 178 Å². The number of carbonyl (C=O) groups is 1. The largest absolute Gasteiger partial charge is 0.385 e. The monoisotopic (exact) mass is 396 g/mol. The van der Waals surface area contributed by atoms with Crippen LogP contribution in [0.2, 0.25) is 0 Å². The summed E-state index contributed by atoms with van der Waals surface area (Å²) in [6, 6.07) is 20.6. The van der Waals surface area contributed by atoms with Crippen molar-refractivity contribution >= 4 is 27.9 Å². The summed E-state index contributed by atoms with van der Waals surface area (Å²) in [4.78, 5) is 15.0. The molecule has 152 valence electrons. The molecule has 0 bridgehead atoms. The number of hydrogen-bond acceptors (Lipinski definition) is 3. The predicted octanol–water partition coefficient (Wildman–Crippen LogP) is 6.32. The molecule has 1 aliphatic rings. The van der Waals surface area contributed by atoms with Crippen LogP contribution in [0.15, 0.2) is 84.6 Å². The second-order valence-electron chi connectivity index (χ2n) is 8.22. The number of carbonyl (C=O) groups excluding carboxylic acids is 1. The van der Waals surface area contributed by atoms with Gasteiger partial charge in [0.25, 0.3) is 0 Å². The van der Waals surface area contributed by atoms with Crippen LogP contribution in [0.3, 0.4) is 0 Å². The lowest BCUT2D eigenvalue weighted by Crippen LogP contribution is -2.22. The average Bonchev–Trinajstić information content (AvgIpc) is 2.94. The molecule has 3 heteroatoms. The number of ketones is 1. The molecule has 0 spiro atoms. The van der Waals surface area contributed by atoms with E-state index in [2.05, 4.69) is 73.6 Å². The van der Waals surface area contributed by atoms with Crippen LogP contribution in [0.4, 0.5) is 11.4 Å². The van der Waals surface area contributed by atoms with Crippen molar-refractivity contribution in [2.45, 2.75) is 26.2 Å². The number of nitrogens with one attached hydrogen (secondary N) is 1. The van der Waals surface area contributed by atoms with Gasteiger partial charge in [0.2, 0.25) is 0 Å². The van der Waals surface area contributed by atoms with Crippen molar-refractivity contribution < 1.29 is 4.79 Å². The Kier molecular flexibility index (Phi) is 5.21. The van der Waals surface area contributed by atoms with Crippen LogP contribution in [-0.2, 0) is 5.41 Å². The van der Waals surface area contributed by atoms with Gasteiger partial charge in [-0.25, -0.2) is 0 Å². The van der Waals surface area contributed by atoms with Crippen molar-refractivity contribution in [1.82, 2.24) is 0 Å². The molecule has 3 aromatic carbocycles. The molecule has 3 nitrogen and oxygen atoms in total. The standard InChI is InChI=1S/C27H28N2O/c1-5-28-23-14-9-8-13-21(23)24(30)15-10-16-25-27(2,3)22-18-17-19-11-6-7-12-20(19)26(22)29(25)4/h6-18,28H,5H2,1-4H3. The summed E-state index contributed by atoms with van der Waals surface area (Å²) in [5.74, 6) is 0.00446. The number of fused-ring (bicyclic) bond motifs is 3. The third-order valence-electron chi connectivity index (χ3n) is 5.97. The summed E-state index contributed by atoms with van der Waals surface area (Å²) in [6.07, 6.45) is 5.61. The summed E-state index contributed by atoms with van der Waals surface area (Å²) < 4.78 is 0. The summed E-state index contributed by atoms with van der Waals surface area (Å²) in [5.41, 5.74) is 5.18. The zero-order chi connectivity index (χ0) is 21.3. The zero-order valence-corrected chi connectivity index (χ0v) is 18.1. The van der Waals surface area contributed by atoms with E-state index in [-0.39, 0.29) is 11.2 Å². The number of para-hydroxylation sites is 1. The van der Waals surface area contributed by atoms with Gasteiger partial charge in [-0.05, 0) is 42.2 Å². The highest BCUT2D eigenvalue weighted by atomic mass is 16.1. The van der Waals surface area contributed by atoms with Crippen LogP contribution < -0.4 is 10.2 Å². The number of benzene rings is 3. The number of nitrogens with zero attached hydrogens (tertiary/aromatic N) is 1. The molecule has 0 unspecified atom stereocenters. The van der Waals surface area contributed by atoms with Gasteiger partial charge in [-0.2, -0.15) is 0 Å². The number of allylic oxidation sites excluding steroid dienone is 4. The van der Waals surface area contributed by atoms with Crippen LogP contribution in [-0.4, -0.2) is 19.4 Å². The fraction of sp³-hybridized carbons (Fsp3) is 0.222. The molecule has 3 aromatic rings. The van der Waals surface area contributed by atoms with Gasteiger partial charge >= 0.3 is 0 Å². The number of likely N-dealkylation sites (N-methyl/N-ethyl adjacent to an activating group) is 1. The fourth-order valence-corrected chi connectivity index (χ4v) is 4.48. The van der Waals surface area contributed by atoms with Gasteiger partial charge in [0, 0.05) is 41.3 Å². The second-order valence-corrected chi connectivity index (χ2v) is 8.22. The molecule has 1 heterocycles. The maximum Gasteiger partial charge on any atom is 0.187 e. The number of anilines is 2. The molecule has 0 fully saturated rings. The zero-order valence-electron chi connectivity index (χ0n) is 18.1. The summed E-state index contributed by atoms with van der Waals surface area (Å²) >= 11 is 0. The Hall–Kier alpha value is -3.33. The molecule has 1 aliphatic heterocycles.